The molecule has 0 amide bonds. The summed E-state index contributed by atoms with van der Waals surface area (Å²) in [6.45, 7) is 0. The number of hydrogen-bond acceptors (Lipinski definition) is 2. The van der Waals surface area contributed by atoms with Crippen molar-refractivity contribution in [1.29, 1.82) is 0 Å². The van der Waals surface area contributed by atoms with Crippen LogP contribution >= 0.6 is 12.2 Å². The van der Waals surface area contributed by atoms with Gasteiger partial charge in [-0.25, -0.2) is 0 Å². The van der Waals surface area contributed by atoms with Gasteiger partial charge in [0.25, 0.3) is 0 Å². The van der Waals surface area contributed by atoms with E-state index in [0.717, 1.165) is 24.1 Å². The molecule has 2 heteroatoms. The van der Waals surface area contributed by atoms with Crippen LogP contribution in [0.25, 0.3) is 0 Å². The molecule has 0 aromatic rings. The first-order valence-corrected chi connectivity index (χ1v) is 3.42. The molecule has 1 saturated carbocycles. The van der Waals surface area contributed by atoms with Crippen molar-refractivity contribution >= 4 is 17.1 Å². The molecule has 1 N–H and O–H groups in total. The first-order chi connectivity index (χ1) is 3.80. The zero-order valence-electron chi connectivity index (χ0n) is 4.76. The minimum absolute atomic E-state index is 0.265. The summed E-state index contributed by atoms with van der Waals surface area (Å²) < 4.78 is 0. The Kier molecular flexibility index (Phi) is 1.97. The highest BCUT2D eigenvalue weighted by molar-refractivity contribution is 7.80. The molecule has 1 nitrogen and oxygen atoms in total. The third-order valence-corrected chi connectivity index (χ3v) is 2.00. The summed E-state index contributed by atoms with van der Waals surface area (Å²) in [4.78, 5) is 0.858. The average Bonchev–Trinajstić information content (AvgIpc) is 1.77. The Morgan fingerprint density at radius 1 is 1.50 bits per heavy atom. The van der Waals surface area contributed by atoms with Crippen LogP contribution in [0.5, 0.6) is 0 Å². The number of aliphatic hydroxyl groups is 1. The molecule has 1 atom stereocenters. The van der Waals surface area contributed by atoms with E-state index in [1.165, 1.54) is 6.42 Å². The molecule has 1 rings (SSSR count). The van der Waals surface area contributed by atoms with Crippen molar-refractivity contribution in [3.8, 4) is 0 Å². The normalized spacial score (nSPS) is 30.6. The zero-order valence-corrected chi connectivity index (χ0v) is 5.58. The van der Waals surface area contributed by atoms with E-state index in [1.54, 1.807) is 0 Å². The van der Waals surface area contributed by atoms with E-state index in [2.05, 4.69) is 0 Å². The molecule has 0 aliphatic heterocycles. The highest BCUT2D eigenvalue weighted by atomic mass is 32.1. The van der Waals surface area contributed by atoms with Crippen molar-refractivity contribution in [2.75, 3.05) is 0 Å². The molecule has 1 aliphatic carbocycles. The fourth-order valence-electron chi connectivity index (χ4n) is 0.965. The van der Waals surface area contributed by atoms with Gasteiger partial charge in [0.2, 0.25) is 0 Å². The van der Waals surface area contributed by atoms with E-state index in [4.69, 9.17) is 17.3 Å². The average molecular weight is 130 g/mol. The van der Waals surface area contributed by atoms with Gasteiger partial charge in [-0.05, 0) is 19.3 Å². The number of rotatable bonds is 0. The summed E-state index contributed by atoms with van der Waals surface area (Å²) >= 11 is 4.88. The van der Waals surface area contributed by atoms with Crippen molar-refractivity contribution in [1.82, 2.24) is 0 Å². The maximum Gasteiger partial charge on any atom is 0.0852 e. The Labute approximate surface area is 54.7 Å². The maximum absolute atomic E-state index is 9.04. The molecule has 1 fully saturated rings. The lowest BCUT2D eigenvalue weighted by molar-refractivity contribution is 0.218. The van der Waals surface area contributed by atoms with Gasteiger partial charge in [0, 0.05) is 4.86 Å². The van der Waals surface area contributed by atoms with Crippen LogP contribution in [0.15, 0.2) is 0 Å². The lowest BCUT2D eigenvalue weighted by Gasteiger charge is -2.16. The highest BCUT2D eigenvalue weighted by Gasteiger charge is 2.14. The first-order valence-electron chi connectivity index (χ1n) is 3.01. The smallest absolute Gasteiger partial charge is 0.0852 e. The monoisotopic (exact) mass is 130 g/mol. The molecule has 0 aromatic carbocycles. The summed E-state index contributed by atoms with van der Waals surface area (Å²) in [5.41, 5.74) is 0. The van der Waals surface area contributed by atoms with E-state index in [9.17, 15) is 0 Å². The summed E-state index contributed by atoms with van der Waals surface area (Å²) in [6, 6.07) is 0. The van der Waals surface area contributed by atoms with Gasteiger partial charge in [-0.3, -0.25) is 0 Å². The highest BCUT2D eigenvalue weighted by Crippen LogP contribution is 2.14. The molecule has 0 radical (unpaired) electrons. The lowest BCUT2D eigenvalue weighted by Crippen LogP contribution is -2.21. The molecular formula is C6H10OS. The Bertz CT molecular complexity index is 101. The predicted octanol–water partition coefficient (Wildman–Crippen LogP) is 1.29. The number of hydrogen-bond donors (Lipinski definition) is 1. The van der Waals surface area contributed by atoms with Gasteiger partial charge in [0.1, 0.15) is 0 Å². The summed E-state index contributed by atoms with van der Waals surface area (Å²) in [7, 11) is 0. The van der Waals surface area contributed by atoms with Gasteiger partial charge in [-0.2, -0.15) is 0 Å². The van der Waals surface area contributed by atoms with Crippen molar-refractivity contribution in [3.63, 3.8) is 0 Å². The maximum atomic E-state index is 9.04. The molecule has 46 valence electrons. The van der Waals surface area contributed by atoms with Crippen molar-refractivity contribution < 1.29 is 5.11 Å². The molecule has 8 heavy (non-hydrogen) atoms. The Morgan fingerprint density at radius 2 is 2.25 bits per heavy atom. The van der Waals surface area contributed by atoms with Crippen LogP contribution < -0.4 is 0 Å². The summed E-state index contributed by atoms with van der Waals surface area (Å²) in [5.74, 6) is 0. The minimum atomic E-state index is -0.265. The topological polar surface area (TPSA) is 20.2 Å². The molecule has 0 saturated heterocycles. The quantitative estimate of drug-likeness (QED) is 0.499. The van der Waals surface area contributed by atoms with Crippen LogP contribution in [-0.4, -0.2) is 16.1 Å². The molecule has 0 spiro atoms. The largest absolute Gasteiger partial charge is 0.388 e. The SMILES string of the molecule is OC1CCCCC1=S. The second kappa shape index (κ2) is 2.55. The van der Waals surface area contributed by atoms with Crippen molar-refractivity contribution in [3.05, 3.63) is 0 Å². The van der Waals surface area contributed by atoms with E-state index in [1.807, 2.05) is 0 Å². The number of thiocarbonyl (C=S) groups is 1. The van der Waals surface area contributed by atoms with Crippen LogP contribution in [0.2, 0.25) is 0 Å². The molecule has 1 aliphatic rings. The molecule has 0 aromatic heterocycles. The van der Waals surface area contributed by atoms with E-state index < -0.39 is 0 Å². The number of aliphatic hydroxyl groups excluding tert-OH is 1. The molecular weight excluding hydrogens is 120 g/mol. The Balaban J connectivity index is 2.39. The lowest BCUT2D eigenvalue weighted by atomic mass is 9.98. The van der Waals surface area contributed by atoms with Crippen LogP contribution in [0, 0.1) is 0 Å². The van der Waals surface area contributed by atoms with Crippen LogP contribution in [-0.2, 0) is 0 Å². The molecule has 0 bridgehead atoms. The van der Waals surface area contributed by atoms with Gasteiger partial charge in [-0.1, -0.05) is 18.6 Å². The van der Waals surface area contributed by atoms with Gasteiger partial charge in [0.15, 0.2) is 0 Å². The van der Waals surface area contributed by atoms with Crippen molar-refractivity contribution in [2.45, 2.75) is 31.8 Å². The summed E-state index contributed by atoms with van der Waals surface area (Å²) in [6.07, 6.45) is 3.89. The fraction of sp³-hybridized carbons (Fsp3) is 0.833. The van der Waals surface area contributed by atoms with Gasteiger partial charge < -0.3 is 5.11 Å². The Morgan fingerprint density at radius 3 is 2.62 bits per heavy atom. The van der Waals surface area contributed by atoms with Crippen LogP contribution in [0.3, 0.4) is 0 Å². The summed E-state index contributed by atoms with van der Waals surface area (Å²) in [5, 5.41) is 9.04. The second-order valence-corrected chi connectivity index (χ2v) is 2.75. The van der Waals surface area contributed by atoms with E-state index in [-0.39, 0.29) is 6.10 Å². The van der Waals surface area contributed by atoms with Gasteiger partial charge in [0.05, 0.1) is 6.10 Å². The Hall–Kier alpha value is 0.0500. The molecule has 0 heterocycles. The van der Waals surface area contributed by atoms with Gasteiger partial charge in [-0.15, -0.1) is 0 Å². The minimum Gasteiger partial charge on any atom is -0.388 e. The second-order valence-electron chi connectivity index (χ2n) is 2.23. The first kappa shape index (κ1) is 6.17. The van der Waals surface area contributed by atoms with E-state index in [0.29, 0.717) is 0 Å². The van der Waals surface area contributed by atoms with Crippen LogP contribution in [0.4, 0.5) is 0 Å². The predicted molar refractivity (Wildman–Crippen MR) is 37.1 cm³/mol. The van der Waals surface area contributed by atoms with E-state index >= 15 is 0 Å². The molecule has 1 unspecified atom stereocenters. The van der Waals surface area contributed by atoms with Crippen molar-refractivity contribution in [2.24, 2.45) is 0 Å². The third kappa shape index (κ3) is 1.26. The third-order valence-electron chi connectivity index (χ3n) is 1.52. The standard InChI is InChI=1S/C6H10OS/c7-5-3-1-2-4-6(5)8/h5,7H,1-4H2. The van der Waals surface area contributed by atoms with Crippen LogP contribution in [0.1, 0.15) is 25.7 Å². The van der Waals surface area contributed by atoms with Gasteiger partial charge >= 0.3 is 0 Å². The zero-order chi connectivity index (χ0) is 5.98. The fourth-order valence-corrected chi connectivity index (χ4v) is 1.23.